The van der Waals surface area contributed by atoms with Crippen molar-refractivity contribution in [3.8, 4) is 0 Å². The molecule has 0 saturated carbocycles. The summed E-state index contributed by atoms with van der Waals surface area (Å²) in [6, 6.07) is 0. The number of hydrogen-bond donors (Lipinski definition) is 2. The Morgan fingerprint density at radius 2 is 0.788 bits per heavy atom. The van der Waals surface area contributed by atoms with Gasteiger partial charge in [-0.1, -0.05) is 99.9 Å². The summed E-state index contributed by atoms with van der Waals surface area (Å²) in [6.07, 6.45) is 15.0. The van der Waals surface area contributed by atoms with Crippen molar-refractivity contribution < 1.29 is 19.5 Å². The number of thiocarbonyl (C=S) groups is 3. The maximum Gasteiger partial charge on any atom is 2.00 e. The molecule has 0 aliphatic rings. The fourth-order valence-electron chi connectivity index (χ4n) is 2.80. The summed E-state index contributed by atoms with van der Waals surface area (Å²) in [5, 5.41) is 0. The normalized spacial score (nSPS) is 9.36. The van der Waals surface area contributed by atoms with Gasteiger partial charge in [-0.3, -0.25) is 0 Å². The molecular weight excluding hydrogens is 576 g/mol. The molecule has 0 aliphatic heterocycles. The Morgan fingerprint density at radius 3 is 0.909 bits per heavy atom. The predicted octanol–water partition coefficient (Wildman–Crippen LogP) is 7.16. The summed E-state index contributed by atoms with van der Waals surface area (Å²) in [4.78, 5) is 4.35. The molecule has 2 N–H and O–H groups in total. The molecule has 33 heavy (non-hydrogen) atoms. The second kappa shape index (κ2) is 33.1. The van der Waals surface area contributed by atoms with E-state index in [0.29, 0.717) is 8.64 Å². The van der Waals surface area contributed by atoms with Crippen LogP contribution in [-0.4, -0.2) is 48.9 Å². The van der Waals surface area contributed by atoms with Crippen molar-refractivity contribution in [3.63, 3.8) is 0 Å². The second-order valence-electron chi connectivity index (χ2n) is 7.67. The van der Waals surface area contributed by atoms with Gasteiger partial charge in [-0.15, -0.1) is 12.6 Å². The van der Waals surface area contributed by atoms with E-state index >= 15 is 0 Å². The summed E-state index contributed by atoms with van der Waals surface area (Å²) in [5.74, 6) is 0. The molecule has 0 aromatic heterocycles. The van der Waals surface area contributed by atoms with E-state index < -0.39 is 0 Å². The van der Waals surface area contributed by atoms with Gasteiger partial charge in [0.05, 0.1) is 0 Å². The van der Waals surface area contributed by atoms with Crippen molar-refractivity contribution in [1.29, 1.82) is 0 Å². The monoisotopic (exact) mass is 621 g/mol. The van der Waals surface area contributed by atoms with E-state index in [0.717, 1.165) is 26.2 Å². The van der Waals surface area contributed by atoms with Gasteiger partial charge in [-0.05, 0) is 25.7 Å². The minimum absolute atomic E-state index is 0. The molecule has 0 spiro atoms. The predicted molar refractivity (Wildman–Crippen MR) is 167 cm³/mol. The van der Waals surface area contributed by atoms with E-state index in [2.05, 4.69) is 62.3 Å². The molecule has 0 fully saturated rings. The number of unbranched alkanes of at least 4 members (excludes halogenated alkanes) is 8. The first-order valence-corrected chi connectivity index (χ1v) is 14.6. The number of hydrogen-bond acceptors (Lipinski definition) is 5. The third-order valence-corrected chi connectivity index (χ3v) is 5.68. The second-order valence-corrected chi connectivity index (χ2v) is 11.0. The molecular formula is C23H47N3S6Zn. The van der Waals surface area contributed by atoms with E-state index in [9.17, 15) is 0 Å². The van der Waals surface area contributed by atoms with Crippen molar-refractivity contribution in [2.45, 2.75) is 105 Å². The maximum absolute atomic E-state index is 5.06. The van der Waals surface area contributed by atoms with Crippen molar-refractivity contribution in [1.82, 2.24) is 9.80 Å². The molecule has 0 aromatic rings. The zero-order chi connectivity index (χ0) is 25.2. The molecule has 192 valence electrons. The van der Waals surface area contributed by atoms with Crippen molar-refractivity contribution >= 4 is 87.5 Å². The first kappa shape index (κ1) is 41.2. The molecule has 0 bridgehead atoms. The van der Waals surface area contributed by atoms with E-state index in [4.69, 9.17) is 55.4 Å². The Labute approximate surface area is 251 Å². The molecule has 0 atom stereocenters. The summed E-state index contributed by atoms with van der Waals surface area (Å²) in [5.41, 5.74) is 4.71. The molecule has 10 heteroatoms. The fraction of sp³-hybridized carbons (Fsp3) is 0.870. The molecule has 0 radical (unpaired) electrons. The average molecular weight is 623 g/mol. The SMILES string of the molecule is CCCCCN(CCCCC)C(=S)[S-].CCCCCN(CCCCC)C(=S)[S-].NC(=S)S.[Zn+2]. The summed E-state index contributed by atoms with van der Waals surface area (Å²) < 4.78 is 1.49. The van der Waals surface area contributed by atoms with Crippen LogP contribution in [0.1, 0.15) is 105 Å². The van der Waals surface area contributed by atoms with Gasteiger partial charge in [0.15, 0.2) is 0 Å². The Balaban J connectivity index is -0.000000213. The molecule has 0 aromatic carbocycles. The zero-order valence-electron chi connectivity index (χ0n) is 21.5. The van der Waals surface area contributed by atoms with Crippen LogP contribution in [0.2, 0.25) is 0 Å². The Bertz CT molecular complexity index is 398. The van der Waals surface area contributed by atoms with Crippen LogP contribution < -0.4 is 5.73 Å². The third kappa shape index (κ3) is 37.8. The zero-order valence-corrected chi connectivity index (χ0v) is 29.4. The Hall–Kier alpha value is 1.08. The van der Waals surface area contributed by atoms with Crippen LogP contribution in [0.25, 0.3) is 0 Å². The van der Waals surface area contributed by atoms with Crippen molar-refractivity contribution in [2.75, 3.05) is 26.2 Å². The van der Waals surface area contributed by atoms with Gasteiger partial charge in [0, 0.05) is 26.2 Å². The van der Waals surface area contributed by atoms with Crippen LogP contribution in [0.5, 0.6) is 0 Å². The van der Waals surface area contributed by atoms with E-state index in [-0.39, 0.29) is 23.8 Å². The van der Waals surface area contributed by atoms with E-state index in [1.165, 1.54) is 77.0 Å². The van der Waals surface area contributed by atoms with E-state index in [1.807, 2.05) is 0 Å². The first-order valence-electron chi connectivity index (χ1n) is 12.1. The largest absolute Gasteiger partial charge is 2.00 e. The minimum Gasteiger partial charge on any atom is -0.411 e. The van der Waals surface area contributed by atoms with E-state index in [1.54, 1.807) is 0 Å². The van der Waals surface area contributed by atoms with Gasteiger partial charge < -0.3 is 65.2 Å². The van der Waals surface area contributed by atoms with Crippen LogP contribution in [0, 0.1) is 0 Å². The number of nitrogens with two attached hydrogens (primary N) is 1. The quantitative estimate of drug-likeness (QED) is 0.0617. The molecule has 0 rings (SSSR count). The smallest absolute Gasteiger partial charge is 0.411 e. The molecule has 0 aliphatic carbocycles. The van der Waals surface area contributed by atoms with Crippen LogP contribution >= 0.6 is 49.3 Å². The first-order chi connectivity index (χ1) is 15.2. The van der Waals surface area contributed by atoms with Gasteiger partial charge in [0.1, 0.15) is 4.32 Å². The van der Waals surface area contributed by atoms with Crippen LogP contribution in [-0.2, 0) is 44.7 Å². The van der Waals surface area contributed by atoms with Crippen LogP contribution in [0.15, 0.2) is 0 Å². The van der Waals surface area contributed by atoms with Crippen LogP contribution in [0.4, 0.5) is 0 Å². The topological polar surface area (TPSA) is 32.5 Å². The average Bonchev–Trinajstić information content (AvgIpc) is 2.71. The van der Waals surface area contributed by atoms with Crippen molar-refractivity contribution in [2.24, 2.45) is 5.73 Å². The minimum atomic E-state index is 0. The van der Waals surface area contributed by atoms with Gasteiger partial charge >= 0.3 is 19.5 Å². The van der Waals surface area contributed by atoms with Gasteiger partial charge in [0.2, 0.25) is 0 Å². The van der Waals surface area contributed by atoms with Crippen LogP contribution in [0.3, 0.4) is 0 Å². The number of nitrogens with zero attached hydrogens (tertiary/aromatic N) is 2. The molecule has 0 heterocycles. The molecule has 0 saturated heterocycles. The number of thiol groups is 1. The van der Waals surface area contributed by atoms with Gasteiger partial charge in [-0.25, -0.2) is 0 Å². The summed E-state index contributed by atoms with van der Waals surface area (Å²) in [6.45, 7) is 13.1. The standard InChI is InChI=1S/2C11H23NS2.CH3NS2.Zn/c2*1-3-5-7-9-12(11(13)14)10-8-6-4-2;2-1(3)4;/h2*3-10H2,1-2H3,(H,13,14);(H3,2,3,4);/q;;;+2/p-2. The Kier molecular flexibility index (Phi) is 41.3. The number of rotatable bonds is 16. The maximum atomic E-state index is 5.06. The van der Waals surface area contributed by atoms with Gasteiger partial charge in [0.25, 0.3) is 0 Å². The summed E-state index contributed by atoms with van der Waals surface area (Å²) >= 11 is 27.9. The molecule has 0 unspecified atom stereocenters. The Morgan fingerprint density at radius 1 is 0.606 bits per heavy atom. The molecule has 0 amide bonds. The van der Waals surface area contributed by atoms with Gasteiger partial charge in [-0.2, -0.15) is 0 Å². The summed E-state index contributed by atoms with van der Waals surface area (Å²) in [7, 11) is 0. The third-order valence-electron chi connectivity index (χ3n) is 4.64. The van der Waals surface area contributed by atoms with Crippen molar-refractivity contribution in [3.05, 3.63) is 0 Å². The fourth-order valence-corrected chi connectivity index (χ4v) is 3.53. The molecule has 3 nitrogen and oxygen atoms in total.